The largest absolute Gasteiger partial charge is 0.314 e. The first-order valence-electron chi connectivity index (χ1n) is 4.62. The maximum Gasteiger partial charge on any atom is 0.241 e. The molecule has 0 N–H and O–H groups in total. The zero-order chi connectivity index (χ0) is 11.0. The van der Waals surface area contributed by atoms with E-state index in [0.29, 0.717) is 0 Å². The third-order valence-corrected chi connectivity index (χ3v) is 2.90. The number of halogens is 1. The summed E-state index contributed by atoms with van der Waals surface area (Å²) in [6.07, 6.45) is 0. The monoisotopic (exact) mass is 223 g/mol. The summed E-state index contributed by atoms with van der Waals surface area (Å²) in [5, 5.41) is 0. The molecule has 0 fully saturated rings. The Hall–Kier alpha value is -1.35. The summed E-state index contributed by atoms with van der Waals surface area (Å²) in [5.74, 6) is -1.26. The van der Waals surface area contributed by atoms with Crippen LogP contribution in [0.3, 0.4) is 0 Å². The molecule has 0 radical (unpaired) electrons. The van der Waals surface area contributed by atoms with Gasteiger partial charge in [-0.25, -0.2) is 0 Å². The SMILES string of the molecule is CN1C(=O)C(C(=O)CCl)c2ccccc21. The number of fused-ring (bicyclic) bond motifs is 1. The number of Topliss-reactive ketones (excluding diaryl/α,β-unsaturated/α-hetero) is 1. The highest BCUT2D eigenvalue weighted by Gasteiger charge is 2.38. The van der Waals surface area contributed by atoms with Gasteiger partial charge in [0, 0.05) is 12.7 Å². The predicted octanol–water partition coefficient (Wildman–Crippen LogP) is 1.55. The second-order valence-electron chi connectivity index (χ2n) is 3.49. The van der Waals surface area contributed by atoms with Gasteiger partial charge in [-0.2, -0.15) is 0 Å². The molecule has 1 heterocycles. The normalized spacial score (nSPS) is 19.2. The minimum absolute atomic E-state index is 0.126. The lowest BCUT2D eigenvalue weighted by Gasteiger charge is -2.09. The van der Waals surface area contributed by atoms with Crippen molar-refractivity contribution >= 4 is 29.0 Å². The number of hydrogen-bond donors (Lipinski definition) is 0. The quantitative estimate of drug-likeness (QED) is 0.564. The van der Waals surface area contributed by atoms with Gasteiger partial charge in [-0.1, -0.05) is 18.2 Å². The predicted molar refractivity (Wildman–Crippen MR) is 58.3 cm³/mol. The number of carbonyl (C=O) groups is 2. The van der Waals surface area contributed by atoms with Gasteiger partial charge in [0.25, 0.3) is 0 Å². The van der Waals surface area contributed by atoms with Crippen LogP contribution in [-0.2, 0) is 9.59 Å². The molecular formula is C11H10ClNO2. The van der Waals surface area contributed by atoms with Crippen LogP contribution >= 0.6 is 11.6 Å². The van der Waals surface area contributed by atoms with Crippen molar-refractivity contribution in [3.05, 3.63) is 29.8 Å². The molecule has 1 unspecified atom stereocenters. The van der Waals surface area contributed by atoms with Gasteiger partial charge in [0.15, 0.2) is 5.78 Å². The van der Waals surface area contributed by atoms with Crippen molar-refractivity contribution in [3.63, 3.8) is 0 Å². The Balaban J connectivity index is 2.51. The summed E-state index contributed by atoms with van der Waals surface area (Å²) in [4.78, 5) is 24.9. The zero-order valence-electron chi connectivity index (χ0n) is 8.24. The lowest BCUT2D eigenvalue weighted by atomic mass is 9.97. The molecule has 0 aromatic heterocycles. The molecule has 78 valence electrons. The van der Waals surface area contributed by atoms with E-state index in [4.69, 9.17) is 11.6 Å². The Morgan fingerprint density at radius 3 is 2.80 bits per heavy atom. The molecule has 1 aliphatic heterocycles. The third kappa shape index (κ3) is 1.43. The van der Waals surface area contributed by atoms with Crippen LogP contribution in [0.15, 0.2) is 24.3 Å². The standard InChI is InChI=1S/C11H10ClNO2/c1-13-8-5-3-2-4-7(8)10(11(13)15)9(14)6-12/h2-5,10H,6H2,1H3. The number of likely N-dealkylation sites (N-methyl/N-ethyl adjacent to an activating group) is 1. The van der Waals surface area contributed by atoms with Crippen LogP contribution in [0.4, 0.5) is 5.69 Å². The smallest absolute Gasteiger partial charge is 0.241 e. The van der Waals surface area contributed by atoms with E-state index in [-0.39, 0.29) is 17.6 Å². The molecule has 1 amide bonds. The molecule has 0 bridgehead atoms. The Kier molecular flexibility index (Phi) is 2.49. The van der Waals surface area contributed by atoms with Gasteiger partial charge in [-0.05, 0) is 11.6 Å². The molecule has 1 aromatic carbocycles. The number of amides is 1. The number of carbonyl (C=O) groups excluding carboxylic acids is 2. The first-order valence-corrected chi connectivity index (χ1v) is 5.15. The van der Waals surface area contributed by atoms with Crippen molar-refractivity contribution in [1.82, 2.24) is 0 Å². The van der Waals surface area contributed by atoms with Gasteiger partial charge < -0.3 is 4.90 Å². The van der Waals surface area contributed by atoms with Crippen molar-refractivity contribution in [2.45, 2.75) is 5.92 Å². The van der Waals surface area contributed by atoms with Crippen LogP contribution in [0.25, 0.3) is 0 Å². The van der Waals surface area contributed by atoms with Crippen molar-refractivity contribution in [2.75, 3.05) is 17.8 Å². The van der Waals surface area contributed by atoms with Crippen LogP contribution in [0.5, 0.6) is 0 Å². The Morgan fingerprint density at radius 2 is 2.13 bits per heavy atom. The summed E-state index contributed by atoms with van der Waals surface area (Å²) >= 11 is 5.49. The minimum Gasteiger partial charge on any atom is -0.314 e. The molecule has 1 atom stereocenters. The van der Waals surface area contributed by atoms with E-state index in [1.165, 1.54) is 4.90 Å². The van der Waals surface area contributed by atoms with Crippen LogP contribution in [-0.4, -0.2) is 24.6 Å². The summed E-state index contributed by atoms with van der Waals surface area (Å²) < 4.78 is 0. The number of ketones is 1. The van der Waals surface area contributed by atoms with E-state index < -0.39 is 5.92 Å². The number of para-hydroxylation sites is 1. The molecule has 0 aliphatic carbocycles. The molecule has 4 heteroatoms. The lowest BCUT2D eigenvalue weighted by Crippen LogP contribution is -2.28. The van der Waals surface area contributed by atoms with E-state index in [0.717, 1.165) is 11.3 Å². The molecule has 0 saturated carbocycles. The van der Waals surface area contributed by atoms with E-state index in [1.54, 1.807) is 13.1 Å². The van der Waals surface area contributed by atoms with Crippen LogP contribution in [0.2, 0.25) is 0 Å². The van der Waals surface area contributed by atoms with E-state index in [9.17, 15) is 9.59 Å². The second-order valence-corrected chi connectivity index (χ2v) is 3.76. The maximum absolute atomic E-state index is 11.8. The molecule has 1 aliphatic rings. The Morgan fingerprint density at radius 1 is 1.47 bits per heavy atom. The first-order chi connectivity index (χ1) is 7.16. The highest BCUT2D eigenvalue weighted by molar-refractivity contribution is 6.32. The number of rotatable bonds is 2. The average Bonchev–Trinajstić information content (AvgIpc) is 2.52. The van der Waals surface area contributed by atoms with Gasteiger partial charge in [0.2, 0.25) is 5.91 Å². The average molecular weight is 224 g/mol. The maximum atomic E-state index is 11.8. The molecule has 15 heavy (non-hydrogen) atoms. The lowest BCUT2D eigenvalue weighted by molar-refractivity contribution is -0.126. The number of hydrogen-bond acceptors (Lipinski definition) is 2. The zero-order valence-corrected chi connectivity index (χ0v) is 8.99. The van der Waals surface area contributed by atoms with Crippen LogP contribution in [0.1, 0.15) is 11.5 Å². The first kappa shape index (κ1) is 10.2. The second kappa shape index (κ2) is 3.66. The number of alkyl halides is 1. The minimum atomic E-state index is -0.705. The van der Waals surface area contributed by atoms with Gasteiger partial charge >= 0.3 is 0 Å². The highest BCUT2D eigenvalue weighted by Crippen LogP contribution is 2.36. The Bertz CT molecular complexity index is 430. The van der Waals surface area contributed by atoms with Crippen molar-refractivity contribution in [1.29, 1.82) is 0 Å². The Labute approximate surface area is 92.6 Å². The van der Waals surface area contributed by atoms with Crippen LogP contribution in [0, 0.1) is 0 Å². The fourth-order valence-corrected chi connectivity index (χ4v) is 2.03. The fourth-order valence-electron chi connectivity index (χ4n) is 1.87. The van der Waals surface area contributed by atoms with Gasteiger partial charge in [-0.15, -0.1) is 11.6 Å². The number of benzene rings is 1. The summed E-state index contributed by atoms with van der Waals surface area (Å²) in [6.45, 7) is 0. The van der Waals surface area contributed by atoms with E-state index >= 15 is 0 Å². The molecule has 1 aromatic rings. The molecular weight excluding hydrogens is 214 g/mol. The molecule has 0 spiro atoms. The van der Waals surface area contributed by atoms with E-state index in [2.05, 4.69) is 0 Å². The molecule has 2 rings (SSSR count). The van der Waals surface area contributed by atoms with Crippen molar-refractivity contribution in [2.24, 2.45) is 0 Å². The van der Waals surface area contributed by atoms with Gasteiger partial charge in [0.05, 0.1) is 5.88 Å². The molecule has 0 saturated heterocycles. The molecule has 3 nitrogen and oxygen atoms in total. The highest BCUT2D eigenvalue weighted by atomic mass is 35.5. The topological polar surface area (TPSA) is 37.4 Å². The fraction of sp³-hybridized carbons (Fsp3) is 0.273. The number of anilines is 1. The van der Waals surface area contributed by atoms with Crippen LogP contribution < -0.4 is 4.90 Å². The third-order valence-electron chi connectivity index (χ3n) is 2.64. The summed E-state index contributed by atoms with van der Waals surface area (Å²) in [7, 11) is 1.67. The summed E-state index contributed by atoms with van der Waals surface area (Å²) in [6, 6.07) is 7.29. The van der Waals surface area contributed by atoms with Crippen molar-refractivity contribution < 1.29 is 9.59 Å². The van der Waals surface area contributed by atoms with Gasteiger partial charge in [0.1, 0.15) is 5.92 Å². The van der Waals surface area contributed by atoms with Gasteiger partial charge in [-0.3, -0.25) is 9.59 Å². The summed E-state index contributed by atoms with van der Waals surface area (Å²) in [5.41, 5.74) is 1.56. The van der Waals surface area contributed by atoms with Crippen molar-refractivity contribution in [3.8, 4) is 0 Å². The van der Waals surface area contributed by atoms with E-state index in [1.807, 2.05) is 18.2 Å². The number of nitrogens with zero attached hydrogens (tertiary/aromatic N) is 1.